The van der Waals surface area contributed by atoms with Crippen molar-refractivity contribution in [3.05, 3.63) is 99.0 Å². The molecule has 0 aromatic heterocycles. The number of hydrogen-bond acceptors (Lipinski definition) is 2. The monoisotopic (exact) mass is 400 g/mol. The van der Waals surface area contributed by atoms with Crippen LogP contribution in [0.25, 0.3) is 0 Å². The van der Waals surface area contributed by atoms with Gasteiger partial charge in [-0.3, -0.25) is 5.01 Å². The molecule has 5 heteroatoms. The van der Waals surface area contributed by atoms with E-state index in [9.17, 15) is 0 Å². The second-order valence-electron chi connectivity index (χ2n) is 6.10. The largest absolute Gasteiger partial charge is 0.257 e. The highest BCUT2D eigenvalue weighted by Crippen LogP contribution is 2.41. The van der Waals surface area contributed by atoms with Crippen molar-refractivity contribution in [3.8, 4) is 0 Å². The Morgan fingerprint density at radius 3 is 2.38 bits per heavy atom. The molecule has 1 unspecified atom stereocenters. The van der Waals surface area contributed by atoms with E-state index in [-0.39, 0.29) is 6.04 Å². The zero-order valence-corrected chi connectivity index (χ0v) is 16.0. The van der Waals surface area contributed by atoms with Crippen LogP contribution in [0.15, 0.2) is 77.9 Å². The summed E-state index contributed by atoms with van der Waals surface area (Å²) in [7, 11) is 0. The van der Waals surface area contributed by atoms with Gasteiger partial charge in [0.15, 0.2) is 0 Å². The molecule has 0 fully saturated rings. The van der Waals surface area contributed by atoms with E-state index in [1.165, 1.54) is 0 Å². The Morgan fingerprint density at radius 2 is 1.62 bits per heavy atom. The average molecular weight is 402 g/mol. The lowest BCUT2D eigenvalue weighted by Crippen LogP contribution is -2.19. The molecule has 0 saturated carbocycles. The Bertz CT molecular complexity index is 970. The molecule has 0 amide bonds. The molecule has 0 aliphatic carbocycles. The summed E-state index contributed by atoms with van der Waals surface area (Å²) in [5.74, 6) is 0. The molecule has 2 nitrogen and oxygen atoms in total. The molecular weight excluding hydrogens is 387 g/mol. The van der Waals surface area contributed by atoms with Gasteiger partial charge in [-0.25, -0.2) is 0 Å². The first-order chi connectivity index (χ1) is 12.6. The molecule has 3 aromatic carbocycles. The van der Waals surface area contributed by atoms with Crippen LogP contribution in [0, 0.1) is 0 Å². The van der Waals surface area contributed by atoms with Gasteiger partial charge in [-0.1, -0.05) is 83.3 Å². The minimum absolute atomic E-state index is 0.0464. The van der Waals surface area contributed by atoms with Gasteiger partial charge in [0.1, 0.15) is 0 Å². The summed E-state index contributed by atoms with van der Waals surface area (Å²) in [6, 6.07) is 23.5. The van der Waals surface area contributed by atoms with Crippen LogP contribution < -0.4 is 5.01 Å². The number of halogens is 3. The molecule has 0 spiro atoms. The maximum Gasteiger partial charge on any atom is 0.0846 e. The SMILES string of the molecule is Clc1cccc(N2N=C(c3ccccc3)CC2c2cccc(Cl)c2Cl)c1. The van der Waals surface area contributed by atoms with Crippen LogP contribution in [-0.2, 0) is 0 Å². The fourth-order valence-electron chi connectivity index (χ4n) is 3.19. The lowest BCUT2D eigenvalue weighted by Gasteiger charge is -2.25. The van der Waals surface area contributed by atoms with Gasteiger partial charge in [0.2, 0.25) is 0 Å². The summed E-state index contributed by atoms with van der Waals surface area (Å²) in [4.78, 5) is 0. The summed E-state index contributed by atoms with van der Waals surface area (Å²) in [6.45, 7) is 0. The van der Waals surface area contributed by atoms with Crippen LogP contribution in [0.5, 0.6) is 0 Å². The fourth-order valence-corrected chi connectivity index (χ4v) is 3.81. The van der Waals surface area contributed by atoms with E-state index >= 15 is 0 Å². The van der Waals surface area contributed by atoms with Gasteiger partial charge in [0.05, 0.1) is 27.5 Å². The van der Waals surface area contributed by atoms with Crippen molar-refractivity contribution >= 4 is 46.2 Å². The van der Waals surface area contributed by atoms with E-state index in [0.717, 1.165) is 28.9 Å². The van der Waals surface area contributed by atoms with E-state index in [0.29, 0.717) is 15.1 Å². The number of rotatable bonds is 3. The summed E-state index contributed by atoms with van der Waals surface area (Å²) in [5.41, 5.74) is 3.98. The zero-order valence-electron chi connectivity index (χ0n) is 13.7. The van der Waals surface area contributed by atoms with Gasteiger partial charge in [-0.15, -0.1) is 0 Å². The summed E-state index contributed by atoms with van der Waals surface area (Å²) < 4.78 is 0. The smallest absolute Gasteiger partial charge is 0.0846 e. The molecule has 0 bridgehead atoms. The van der Waals surface area contributed by atoms with Crippen molar-refractivity contribution in [1.82, 2.24) is 0 Å². The number of hydrazone groups is 1. The molecule has 0 saturated heterocycles. The molecule has 4 rings (SSSR count). The third-order valence-corrected chi connectivity index (χ3v) is 5.50. The van der Waals surface area contributed by atoms with E-state index < -0.39 is 0 Å². The van der Waals surface area contributed by atoms with Crippen molar-refractivity contribution in [1.29, 1.82) is 0 Å². The highest BCUT2D eigenvalue weighted by Gasteiger charge is 2.31. The van der Waals surface area contributed by atoms with Crippen molar-refractivity contribution in [2.24, 2.45) is 5.10 Å². The van der Waals surface area contributed by atoms with Crippen molar-refractivity contribution < 1.29 is 0 Å². The van der Waals surface area contributed by atoms with Crippen LogP contribution >= 0.6 is 34.8 Å². The van der Waals surface area contributed by atoms with Crippen molar-refractivity contribution in [2.45, 2.75) is 12.5 Å². The van der Waals surface area contributed by atoms with Crippen LogP contribution in [0.3, 0.4) is 0 Å². The fraction of sp³-hybridized carbons (Fsp3) is 0.0952. The second kappa shape index (κ2) is 7.32. The number of anilines is 1. The molecule has 3 aromatic rings. The third-order valence-electron chi connectivity index (χ3n) is 4.43. The minimum Gasteiger partial charge on any atom is -0.257 e. The Kier molecular flexibility index (Phi) is 4.90. The normalized spacial score (nSPS) is 16.7. The van der Waals surface area contributed by atoms with E-state index in [1.54, 1.807) is 6.07 Å². The number of hydrogen-bond donors (Lipinski definition) is 0. The summed E-state index contributed by atoms with van der Waals surface area (Å²) >= 11 is 19.0. The molecule has 130 valence electrons. The Hall–Kier alpha value is -2.00. The Labute approximate surface area is 167 Å². The molecule has 0 radical (unpaired) electrons. The van der Waals surface area contributed by atoms with Gasteiger partial charge in [0.25, 0.3) is 0 Å². The van der Waals surface area contributed by atoms with Gasteiger partial charge in [-0.05, 0) is 35.4 Å². The average Bonchev–Trinajstić information content (AvgIpc) is 3.10. The first-order valence-electron chi connectivity index (χ1n) is 8.25. The minimum atomic E-state index is -0.0464. The van der Waals surface area contributed by atoms with Crippen LogP contribution in [-0.4, -0.2) is 5.71 Å². The van der Waals surface area contributed by atoms with Gasteiger partial charge >= 0.3 is 0 Å². The highest BCUT2D eigenvalue weighted by molar-refractivity contribution is 6.42. The van der Waals surface area contributed by atoms with E-state index in [4.69, 9.17) is 39.9 Å². The van der Waals surface area contributed by atoms with Gasteiger partial charge in [0, 0.05) is 11.4 Å². The molecule has 1 heterocycles. The molecule has 1 aliphatic rings. The standard InChI is InChI=1S/C21H15Cl3N2/c22-15-8-4-9-16(12-15)26-20(17-10-5-11-18(23)21(17)24)13-19(25-26)14-6-2-1-3-7-14/h1-12,20H,13H2. The van der Waals surface area contributed by atoms with Gasteiger partial charge in [-0.2, -0.15) is 5.10 Å². The molecule has 26 heavy (non-hydrogen) atoms. The first-order valence-corrected chi connectivity index (χ1v) is 9.38. The predicted molar refractivity (Wildman–Crippen MR) is 111 cm³/mol. The van der Waals surface area contributed by atoms with Gasteiger partial charge < -0.3 is 0 Å². The van der Waals surface area contributed by atoms with E-state index in [1.807, 2.05) is 59.6 Å². The maximum atomic E-state index is 6.52. The molecular formula is C21H15Cl3N2. The van der Waals surface area contributed by atoms with Crippen LogP contribution in [0.4, 0.5) is 5.69 Å². The lowest BCUT2D eigenvalue weighted by atomic mass is 9.98. The second-order valence-corrected chi connectivity index (χ2v) is 7.32. The molecule has 0 N–H and O–H groups in total. The first kappa shape index (κ1) is 17.4. The zero-order chi connectivity index (χ0) is 18.1. The topological polar surface area (TPSA) is 15.6 Å². The number of benzene rings is 3. The van der Waals surface area contributed by atoms with Crippen LogP contribution in [0.2, 0.25) is 15.1 Å². The molecule has 1 atom stereocenters. The van der Waals surface area contributed by atoms with Crippen LogP contribution in [0.1, 0.15) is 23.6 Å². The third kappa shape index (κ3) is 3.33. The molecule has 1 aliphatic heterocycles. The summed E-state index contributed by atoms with van der Waals surface area (Å²) in [6.07, 6.45) is 0.733. The lowest BCUT2D eigenvalue weighted by molar-refractivity contribution is 0.709. The van der Waals surface area contributed by atoms with Crippen molar-refractivity contribution in [3.63, 3.8) is 0 Å². The van der Waals surface area contributed by atoms with Crippen molar-refractivity contribution in [2.75, 3.05) is 5.01 Å². The predicted octanol–water partition coefficient (Wildman–Crippen LogP) is 7.00. The maximum absolute atomic E-state index is 6.52. The number of nitrogens with zero attached hydrogens (tertiary/aromatic N) is 2. The highest BCUT2D eigenvalue weighted by atomic mass is 35.5. The Morgan fingerprint density at radius 1 is 0.846 bits per heavy atom. The quantitative estimate of drug-likeness (QED) is 0.461. The van der Waals surface area contributed by atoms with E-state index in [2.05, 4.69) is 12.1 Å². The summed E-state index contributed by atoms with van der Waals surface area (Å²) in [5, 5.41) is 8.64. The Balaban J connectivity index is 1.81.